The van der Waals surface area contributed by atoms with Gasteiger partial charge in [0.15, 0.2) is 22.8 Å². The summed E-state index contributed by atoms with van der Waals surface area (Å²) in [5.41, 5.74) is -0.106. The number of aliphatic hydroxyl groups is 2. The molecule has 2 aliphatic rings. The number of hydrogen-bond donors (Lipinski definition) is 2. The highest BCUT2D eigenvalue weighted by Crippen LogP contribution is 2.67. The Balaban J connectivity index is 3.09. The summed E-state index contributed by atoms with van der Waals surface area (Å²) in [6.45, 7) is 19.0. The van der Waals surface area contributed by atoms with Crippen molar-refractivity contribution in [2.24, 2.45) is 28.1 Å². The fraction of sp³-hybridized carbons (Fsp3) is 0.629. The number of hydrogen-bond acceptors (Lipinski definition) is 5. The zero-order valence-corrected chi connectivity index (χ0v) is 26.5. The molecule has 5 heteroatoms. The van der Waals surface area contributed by atoms with Crippen molar-refractivity contribution in [1.82, 2.24) is 0 Å². The highest BCUT2D eigenvalue weighted by molar-refractivity contribution is 6.33. The smallest absolute Gasteiger partial charge is 0.184 e. The highest BCUT2D eigenvalue weighted by Gasteiger charge is 2.75. The molecule has 5 nitrogen and oxygen atoms in total. The maximum Gasteiger partial charge on any atom is 0.184 e. The maximum atomic E-state index is 15.0. The van der Waals surface area contributed by atoms with Gasteiger partial charge in [-0.15, -0.1) is 0 Å². The number of Topliss-reactive ketones (excluding diaryl/α,β-unsaturated/α-hetero) is 3. The molecule has 0 aromatic heterocycles. The van der Waals surface area contributed by atoms with Crippen molar-refractivity contribution in [3.8, 4) is 0 Å². The first kappa shape index (κ1) is 33.7. The molecule has 1 fully saturated rings. The Morgan fingerprint density at radius 3 is 2.02 bits per heavy atom. The van der Waals surface area contributed by atoms with E-state index in [1.54, 1.807) is 13.8 Å². The molecular weight excluding hydrogens is 500 g/mol. The lowest BCUT2D eigenvalue weighted by atomic mass is 9.38. The molecule has 222 valence electrons. The third-order valence-electron chi connectivity index (χ3n) is 9.17. The molecule has 0 unspecified atom stereocenters. The molecule has 1 saturated carbocycles. The van der Waals surface area contributed by atoms with Crippen LogP contribution in [0.3, 0.4) is 0 Å². The van der Waals surface area contributed by atoms with E-state index < -0.39 is 33.7 Å². The van der Waals surface area contributed by atoms with Gasteiger partial charge in [-0.3, -0.25) is 14.4 Å². The molecule has 4 atom stereocenters. The zero-order chi connectivity index (χ0) is 30.6. The van der Waals surface area contributed by atoms with Gasteiger partial charge in [0.25, 0.3) is 0 Å². The Hall–Kier alpha value is -2.53. The van der Waals surface area contributed by atoms with Gasteiger partial charge in [-0.2, -0.15) is 0 Å². The van der Waals surface area contributed by atoms with Gasteiger partial charge in [-0.05, 0) is 98.3 Å². The summed E-state index contributed by atoms with van der Waals surface area (Å²) < 4.78 is 0. The summed E-state index contributed by atoms with van der Waals surface area (Å²) in [4.78, 5) is 44.3. The van der Waals surface area contributed by atoms with E-state index in [9.17, 15) is 19.8 Å². The monoisotopic (exact) mass is 552 g/mol. The Kier molecular flexibility index (Phi) is 10.9. The highest BCUT2D eigenvalue weighted by atomic mass is 16.3. The second kappa shape index (κ2) is 13.0. The van der Waals surface area contributed by atoms with Gasteiger partial charge < -0.3 is 10.2 Å². The summed E-state index contributed by atoms with van der Waals surface area (Å²) in [7, 11) is 0. The van der Waals surface area contributed by atoms with Crippen LogP contribution in [-0.4, -0.2) is 34.2 Å². The fourth-order valence-corrected chi connectivity index (χ4v) is 6.74. The van der Waals surface area contributed by atoms with E-state index >= 15 is 4.79 Å². The molecule has 0 radical (unpaired) electrons. The number of ketones is 3. The Morgan fingerprint density at radius 2 is 1.52 bits per heavy atom. The van der Waals surface area contributed by atoms with Crippen LogP contribution in [0.15, 0.2) is 57.9 Å². The van der Waals surface area contributed by atoms with Crippen molar-refractivity contribution in [3.05, 3.63) is 57.9 Å². The molecule has 2 aliphatic carbocycles. The van der Waals surface area contributed by atoms with Gasteiger partial charge in [0, 0.05) is 11.5 Å². The number of carbonyl (C=O) groups excluding carboxylic acids is 3. The molecule has 2 rings (SSSR count). The number of fused-ring (bicyclic) bond motifs is 2. The minimum atomic E-state index is -1.90. The lowest BCUT2D eigenvalue weighted by Gasteiger charge is -2.61. The molecule has 2 bridgehead atoms. The van der Waals surface area contributed by atoms with Gasteiger partial charge in [0.2, 0.25) is 0 Å². The normalized spacial score (nSPS) is 28.5. The zero-order valence-electron chi connectivity index (χ0n) is 26.5. The van der Waals surface area contributed by atoms with Crippen LogP contribution >= 0.6 is 0 Å². The molecular formula is C35H52O5. The average molecular weight is 553 g/mol. The van der Waals surface area contributed by atoms with Crippen LogP contribution < -0.4 is 0 Å². The van der Waals surface area contributed by atoms with Crippen LogP contribution in [-0.2, 0) is 14.4 Å². The lowest BCUT2D eigenvalue weighted by Crippen LogP contribution is -2.71. The first-order valence-electron chi connectivity index (χ1n) is 14.8. The molecule has 0 spiro atoms. The number of allylic oxidation sites excluding steroid dienone is 9. The van der Waals surface area contributed by atoms with Crippen LogP contribution in [0.4, 0.5) is 0 Å². The summed E-state index contributed by atoms with van der Waals surface area (Å²) >= 11 is 0. The van der Waals surface area contributed by atoms with Crippen LogP contribution in [0.5, 0.6) is 0 Å². The minimum Gasteiger partial charge on any atom is -0.511 e. The second-order valence-electron chi connectivity index (χ2n) is 13.4. The number of aliphatic hydroxyl groups excluding tert-OH is 2. The van der Waals surface area contributed by atoms with E-state index in [0.29, 0.717) is 25.7 Å². The van der Waals surface area contributed by atoms with E-state index in [2.05, 4.69) is 6.08 Å². The van der Waals surface area contributed by atoms with Crippen LogP contribution in [0.1, 0.15) is 108 Å². The van der Waals surface area contributed by atoms with Crippen molar-refractivity contribution in [1.29, 1.82) is 0 Å². The van der Waals surface area contributed by atoms with Crippen molar-refractivity contribution >= 4 is 17.3 Å². The van der Waals surface area contributed by atoms with Gasteiger partial charge in [0.05, 0.1) is 12.0 Å². The summed E-state index contributed by atoms with van der Waals surface area (Å²) in [6, 6.07) is 0. The molecule has 0 amide bonds. The van der Waals surface area contributed by atoms with Crippen molar-refractivity contribution in [2.75, 3.05) is 6.61 Å². The number of carbonyl (C=O) groups is 3. The van der Waals surface area contributed by atoms with Gasteiger partial charge >= 0.3 is 0 Å². The van der Waals surface area contributed by atoms with E-state index in [-0.39, 0.29) is 42.5 Å². The standard InChI is InChI=1S/C35H52O5/c1-22(2)12-11-18-33(10)27(15-14-26(9)21-36)20-34(19-17-24(5)6)30(38)28(16-13-23(3)4)31(39)35(33,32(34)40)29(37)25(7)8/h12-14,17,25,27,36,38H,11,15-16,18-21H2,1-10H3/b26-14+/t27-,33-,34-,35+/m1/s1. The summed E-state index contributed by atoms with van der Waals surface area (Å²) in [5, 5.41) is 21.6. The van der Waals surface area contributed by atoms with E-state index in [0.717, 1.165) is 22.3 Å². The lowest BCUT2D eigenvalue weighted by molar-refractivity contribution is -0.180. The third kappa shape index (κ3) is 5.91. The SMILES string of the molecule is CC(C)=CCC[C@]1(C)[C@H](C/C=C(\C)CO)C[C@@]2(CC=C(C)C)C(=O)[C@]1(C(=O)C(C)C)C(=O)C(CC=C(C)C)=C2O. The van der Waals surface area contributed by atoms with Crippen molar-refractivity contribution in [3.63, 3.8) is 0 Å². The van der Waals surface area contributed by atoms with Crippen LogP contribution in [0.2, 0.25) is 0 Å². The molecule has 0 aromatic rings. The Bertz CT molecular complexity index is 1160. The van der Waals surface area contributed by atoms with Crippen molar-refractivity contribution < 1.29 is 24.6 Å². The molecule has 0 aliphatic heterocycles. The molecule has 40 heavy (non-hydrogen) atoms. The second-order valence-corrected chi connectivity index (χ2v) is 13.4. The Labute approximate surface area is 242 Å². The van der Waals surface area contributed by atoms with Crippen molar-refractivity contribution in [2.45, 2.75) is 108 Å². The van der Waals surface area contributed by atoms with E-state index in [4.69, 9.17) is 0 Å². The maximum absolute atomic E-state index is 15.0. The topological polar surface area (TPSA) is 91.7 Å². The first-order chi connectivity index (χ1) is 18.5. The van der Waals surface area contributed by atoms with Crippen LogP contribution in [0, 0.1) is 28.1 Å². The largest absolute Gasteiger partial charge is 0.511 e. The quantitative estimate of drug-likeness (QED) is 0.189. The van der Waals surface area contributed by atoms with Crippen LogP contribution in [0.25, 0.3) is 0 Å². The molecule has 0 saturated heterocycles. The summed E-state index contributed by atoms with van der Waals surface area (Å²) in [6.07, 6.45) is 10.3. The van der Waals surface area contributed by atoms with Gasteiger partial charge in [0.1, 0.15) is 5.76 Å². The molecule has 0 heterocycles. The van der Waals surface area contributed by atoms with Gasteiger partial charge in [-0.1, -0.05) is 67.4 Å². The summed E-state index contributed by atoms with van der Waals surface area (Å²) in [5.74, 6) is -2.26. The van der Waals surface area contributed by atoms with Gasteiger partial charge in [-0.25, -0.2) is 0 Å². The number of rotatable bonds is 12. The predicted octanol–water partition coefficient (Wildman–Crippen LogP) is 7.96. The molecule has 0 aromatic carbocycles. The third-order valence-corrected chi connectivity index (χ3v) is 9.17. The average Bonchev–Trinajstić information content (AvgIpc) is 2.86. The minimum absolute atomic E-state index is 0.0873. The first-order valence-corrected chi connectivity index (χ1v) is 14.8. The molecule has 2 N–H and O–H groups in total. The van der Waals surface area contributed by atoms with E-state index in [1.165, 1.54) is 0 Å². The fourth-order valence-electron chi connectivity index (χ4n) is 6.74. The van der Waals surface area contributed by atoms with E-state index in [1.807, 2.05) is 73.6 Å². The Morgan fingerprint density at radius 1 is 0.950 bits per heavy atom. The predicted molar refractivity (Wildman–Crippen MR) is 163 cm³/mol.